The summed E-state index contributed by atoms with van der Waals surface area (Å²) in [6, 6.07) is 15.7. The van der Waals surface area contributed by atoms with Gasteiger partial charge in [-0.2, -0.15) is 0 Å². The van der Waals surface area contributed by atoms with Gasteiger partial charge in [0.05, 0.1) is 4.92 Å². The molecule has 2 aromatic heterocycles. The first kappa shape index (κ1) is 18.0. The van der Waals surface area contributed by atoms with Crippen LogP contribution in [0.15, 0.2) is 59.3 Å². The number of hydrogen-bond donors (Lipinski definition) is 0. The first-order chi connectivity index (χ1) is 13.5. The van der Waals surface area contributed by atoms with Crippen molar-refractivity contribution in [1.29, 1.82) is 0 Å². The Morgan fingerprint density at radius 1 is 1.18 bits per heavy atom. The minimum Gasteiger partial charge on any atom is -0.349 e. The summed E-state index contributed by atoms with van der Waals surface area (Å²) in [7, 11) is 0. The minimum absolute atomic E-state index is 0.110. The molecule has 0 atom stereocenters. The van der Waals surface area contributed by atoms with Crippen molar-refractivity contribution >= 4 is 40.3 Å². The first-order valence-corrected chi connectivity index (χ1v) is 9.02. The van der Waals surface area contributed by atoms with Gasteiger partial charge in [0.25, 0.3) is 0 Å². The maximum Gasteiger partial charge on any atom is 0.338 e. The fourth-order valence-corrected chi connectivity index (χ4v) is 3.33. The van der Waals surface area contributed by atoms with Gasteiger partial charge >= 0.3 is 5.69 Å². The molecular formula is C21H16ClN3O3. The molecule has 0 saturated heterocycles. The Hall–Kier alpha value is -3.38. The van der Waals surface area contributed by atoms with Crippen LogP contribution in [0.5, 0.6) is 0 Å². The second-order valence-corrected chi connectivity index (χ2v) is 6.86. The van der Waals surface area contributed by atoms with E-state index in [1.807, 2.05) is 60.8 Å². The van der Waals surface area contributed by atoms with Gasteiger partial charge in [0, 0.05) is 34.2 Å². The average molecular weight is 394 g/mol. The number of hydrogen-bond acceptors (Lipinski definition) is 4. The van der Waals surface area contributed by atoms with E-state index in [0.717, 1.165) is 22.0 Å². The summed E-state index contributed by atoms with van der Waals surface area (Å²) in [6.07, 6.45) is 5.42. The molecule has 140 valence electrons. The van der Waals surface area contributed by atoms with Gasteiger partial charge in [-0.3, -0.25) is 10.1 Å². The number of aromatic nitrogens is 2. The lowest BCUT2D eigenvalue weighted by Gasteiger charge is -2.05. The third-order valence-electron chi connectivity index (χ3n) is 4.54. The number of rotatable bonds is 5. The van der Waals surface area contributed by atoms with Gasteiger partial charge in [0.15, 0.2) is 5.69 Å². The van der Waals surface area contributed by atoms with Crippen molar-refractivity contribution in [3.8, 4) is 0 Å². The van der Waals surface area contributed by atoms with Gasteiger partial charge in [-0.15, -0.1) is 0 Å². The number of aryl methyl sites for hydroxylation is 1. The Balaban J connectivity index is 1.72. The van der Waals surface area contributed by atoms with Gasteiger partial charge in [-0.1, -0.05) is 47.1 Å². The van der Waals surface area contributed by atoms with Crippen LogP contribution in [0, 0.1) is 17.0 Å². The number of benzene rings is 2. The van der Waals surface area contributed by atoms with Crippen LogP contribution in [0.1, 0.15) is 22.6 Å². The summed E-state index contributed by atoms with van der Waals surface area (Å²) in [4.78, 5) is 10.7. The number of para-hydroxylation sites is 1. The molecule has 0 aliphatic carbocycles. The highest BCUT2D eigenvalue weighted by atomic mass is 35.5. The third kappa shape index (κ3) is 3.42. The van der Waals surface area contributed by atoms with Crippen LogP contribution in [-0.2, 0) is 6.54 Å². The molecule has 0 radical (unpaired) electrons. The normalized spacial score (nSPS) is 11.5. The van der Waals surface area contributed by atoms with E-state index in [1.165, 1.54) is 0 Å². The highest BCUT2D eigenvalue weighted by Gasteiger charge is 2.22. The zero-order valence-corrected chi connectivity index (χ0v) is 15.8. The van der Waals surface area contributed by atoms with E-state index in [-0.39, 0.29) is 17.1 Å². The number of fused-ring (bicyclic) bond motifs is 1. The molecule has 4 aromatic rings. The number of halogens is 1. The molecule has 0 spiro atoms. The van der Waals surface area contributed by atoms with E-state index in [1.54, 1.807) is 13.0 Å². The van der Waals surface area contributed by atoms with Gasteiger partial charge in [0.2, 0.25) is 5.76 Å². The second-order valence-electron chi connectivity index (χ2n) is 6.43. The van der Waals surface area contributed by atoms with E-state index in [4.69, 9.17) is 16.1 Å². The van der Waals surface area contributed by atoms with Gasteiger partial charge < -0.3 is 9.09 Å². The Morgan fingerprint density at radius 3 is 2.68 bits per heavy atom. The molecule has 0 fully saturated rings. The molecule has 7 heteroatoms. The van der Waals surface area contributed by atoms with Crippen molar-refractivity contribution in [2.24, 2.45) is 0 Å². The lowest BCUT2D eigenvalue weighted by atomic mass is 10.1. The molecule has 0 aliphatic rings. The largest absolute Gasteiger partial charge is 0.349 e. The Morgan fingerprint density at radius 2 is 1.93 bits per heavy atom. The predicted octanol–water partition coefficient (Wildman–Crippen LogP) is 5.72. The topological polar surface area (TPSA) is 74.1 Å². The van der Waals surface area contributed by atoms with Crippen LogP contribution in [0.4, 0.5) is 5.69 Å². The molecule has 2 heterocycles. The molecule has 4 rings (SSSR count). The lowest BCUT2D eigenvalue weighted by Crippen LogP contribution is -1.97. The van der Waals surface area contributed by atoms with Crippen molar-refractivity contribution < 1.29 is 9.45 Å². The number of nitrogens with zero attached hydrogens (tertiary/aromatic N) is 3. The van der Waals surface area contributed by atoms with Gasteiger partial charge in [-0.05, 0) is 42.8 Å². The van der Waals surface area contributed by atoms with Gasteiger partial charge in [0.1, 0.15) is 0 Å². The van der Waals surface area contributed by atoms with Crippen LogP contribution in [0.2, 0.25) is 5.02 Å². The van der Waals surface area contributed by atoms with E-state index < -0.39 is 4.92 Å². The Bertz CT molecular complexity index is 1190. The standard InChI is InChI=1S/C21H16ClN3O3/c1-14-21(25(26)27)20(28-23-14)11-8-16-13-24(19-5-3-2-4-18(16)19)12-15-6-9-17(22)10-7-15/h2-11,13H,12H2,1H3/b11-8+. The summed E-state index contributed by atoms with van der Waals surface area (Å²) in [5, 5.41) is 16.7. The zero-order valence-electron chi connectivity index (χ0n) is 15.0. The molecule has 0 saturated carbocycles. The van der Waals surface area contributed by atoms with Gasteiger partial charge in [-0.25, -0.2) is 0 Å². The monoisotopic (exact) mass is 393 g/mol. The van der Waals surface area contributed by atoms with Crippen LogP contribution >= 0.6 is 11.6 Å². The van der Waals surface area contributed by atoms with Crippen LogP contribution in [0.3, 0.4) is 0 Å². The molecule has 0 amide bonds. The summed E-state index contributed by atoms with van der Waals surface area (Å²) in [6.45, 7) is 2.24. The summed E-state index contributed by atoms with van der Waals surface area (Å²) < 4.78 is 7.24. The predicted molar refractivity (Wildman–Crippen MR) is 109 cm³/mol. The van der Waals surface area contributed by atoms with Crippen molar-refractivity contribution in [1.82, 2.24) is 9.72 Å². The molecule has 28 heavy (non-hydrogen) atoms. The van der Waals surface area contributed by atoms with E-state index in [9.17, 15) is 10.1 Å². The number of nitro groups is 1. The van der Waals surface area contributed by atoms with Crippen molar-refractivity contribution in [3.63, 3.8) is 0 Å². The van der Waals surface area contributed by atoms with Crippen LogP contribution in [-0.4, -0.2) is 14.6 Å². The highest BCUT2D eigenvalue weighted by molar-refractivity contribution is 6.30. The van der Waals surface area contributed by atoms with E-state index in [0.29, 0.717) is 11.6 Å². The molecule has 2 aromatic carbocycles. The van der Waals surface area contributed by atoms with E-state index in [2.05, 4.69) is 9.72 Å². The zero-order chi connectivity index (χ0) is 19.7. The van der Waals surface area contributed by atoms with Crippen molar-refractivity contribution in [2.45, 2.75) is 13.5 Å². The molecule has 0 bridgehead atoms. The summed E-state index contributed by atoms with van der Waals surface area (Å²) in [5.41, 5.74) is 3.28. The maximum absolute atomic E-state index is 11.2. The quantitative estimate of drug-likeness (QED) is 0.321. The second kappa shape index (κ2) is 7.32. The van der Waals surface area contributed by atoms with Crippen molar-refractivity contribution in [3.05, 3.63) is 92.4 Å². The average Bonchev–Trinajstić information content (AvgIpc) is 3.22. The Labute approximate surface area is 165 Å². The third-order valence-corrected chi connectivity index (χ3v) is 4.79. The molecular weight excluding hydrogens is 378 g/mol. The molecule has 0 aliphatic heterocycles. The Kier molecular flexibility index (Phi) is 4.71. The van der Waals surface area contributed by atoms with Crippen molar-refractivity contribution in [2.75, 3.05) is 0 Å². The molecule has 6 nitrogen and oxygen atoms in total. The highest BCUT2D eigenvalue weighted by Crippen LogP contribution is 2.28. The first-order valence-electron chi connectivity index (χ1n) is 8.64. The fourth-order valence-electron chi connectivity index (χ4n) is 3.20. The summed E-state index contributed by atoms with van der Waals surface area (Å²) in [5.74, 6) is 0.136. The minimum atomic E-state index is -0.477. The fraction of sp³-hybridized carbons (Fsp3) is 0.0952. The summed E-state index contributed by atoms with van der Waals surface area (Å²) >= 11 is 5.97. The smallest absolute Gasteiger partial charge is 0.338 e. The van der Waals surface area contributed by atoms with Crippen LogP contribution in [0.25, 0.3) is 23.1 Å². The molecule has 0 N–H and O–H groups in total. The van der Waals surface area contributed by atoms with E-state index >= 15 is 0 Å². The van der Waals surface area contributed by atoms with Crippen LogP contribution < -0.4 is 0 Å². The maximum atomic E-state index is 11.2. The SMILES string of the molecule is Cc1noc(/C=C/c2cn(Cc3ccc(Cl)cc3)c3ccccc23)c1[N+](=O)[O-]. The molecule has 0 unspecified atom stereocenters. The lowest BCUT2D eigenvalue weighted by molar-refractivity contribution is -0.386.